The number of aromatic nitrogens is 2. The molecule has 1 saturated carbocycles. The number of nitrogens with zero attached hydrogens (tertiary/aromatic N) is 2. The number of esters is 2. The van der Waals surface area contributed by atoms with E-state index in [2.05, 4.69) is 21.9 Å². The minimum absolute atomic E-state index is 0.157. The Bertz CT molecular complexity index is 705. The van der Waals surface area contributed by atoms with Gasteiger partial charge < -0.3 is 14.0 Å². The topological polar surface area (TPSA) is 70.4 Å². The van der Waals surface area contributed by atoms with Gasteiger partial charge in [0.2, 0.25) is 0 Å². The van der Waals surface area contributed by atoms with Crippen molar-refractivity contribution in [1.82, 2.24) is 9.55 Å². The molecule has 0 unspecified atom stereocenters. The molecule has 6 nitrogen and oxygen atoms in total. The third-order valence-corrected chi connectivity index (χ3v) is 4.31. The Labute approximate surface area is 140 Å². The molecule has 3 rings (SSSR count). The summed E-state index contributed by atoms with van der Waals surface area (Å²) in [5, 5.41) is 0. The largest absolute Gasteiger partial charge is 0.469 e. The van der Waals surface area contributed by atoms with Crippen molar-refractivity contribution < 1.29 is 19.1 Å². The summed E-state index contributed by atoms with van der Waals surface area (Å²) in [7, 11) is 1.37. The van der Waals surface area contributed by atoms with Crippen LogP contribution in [0.15, 0.2) is 42.9 Å². The molecule has 1 aliphatic carbocycles. The SMILES string of the molecule is COC(=O)C1CC(OC(=O)c2cncn2CCc2ccccc2)C1. The summed E-state index contributed by atoms with van der Waals surface area (Å²) in [6.45, 7) is 0.657. The first kappa shape index (κ1) is 16.2. The smallest absolute Gasteiger partial charge is 0.356 e. The number of carbonyl (C=O) groups is 2. The lowest BCUT2D eigenvalue weighted by Crippen LogP contribution is -2.38. The maximum atomic E-state index is 12.3. The highest BCUT2D eigenvalue weighted by Crippen LogP contribution is 2.31. The number of benzene rings is 1. The van der Waals surface area contributed by atoms with E-state index in [9.17, 15) is 9.59 Å². The number of aryl methyl sites for hydroxylation is 2. The molecule has 0 spiro atoms. The van der Waals surface area contributed by atoms with Crippen LogP contribution in [0.3, 0.4) is 0 Å². The summed E-state index contributed by atoms with van der Waals surface area (Å²) in [4.78, 5) is 27.7. The molecule has 126 valence electrons. The van der Waals surface area contributed by atoms with Crippen LogP contribution < -0.4 is 0 Å². The van der Waals surface area contributed by atoms with Gasteiger partial charge in [-0.15, -0.1) is 0 Å². The monoisotopic (exact) mass is 328 g/mol. The predicted molar refractivity (Wildman–Crippen MR) is 86.3 cm³/mol. The summed E-state index contributed by atoms with van der Waals surface area (Å²) in [5.74, 6) is -0.792. The first-order chi connectivity index (χ1) is 11.7. The van der Waals surface area contributed by atoms with Gasteiger partial charge in [0.25, 0.3) is 0 Å². The summed E-state index contributed by atoms with van der Waals surface area (Å²) in [6, 6.07) is 10.1. The van der Waals surface area contributed by atoms with Crippen LogP contribution in [-0.4, -0.2) is 34.7 Å². The van der Waals surface area contributed by atoms with Crippen LogP contribution in [0.4, 0.5) is 0 Å². The van der Waals surface area contributed by atoms with E-state index in [4.69, 9.17) is 4.74 Å². The number of imidazole rings is 1. The molecule has 0 aliphatic heterocycles. The molecular formula is C18H20N2O4. The molecule has 24 heavy (non-hydrogen) atoms. The van der Waals surface area contributed by atoms with Crippen LogP contribution in [0.2, 0.25) is 0 Å². The quantitative estimate of drug-likeness (QED) is 0.761. The van der Waals surface area contributed by atoms with Gasteiger partial charge in [-0.1, -0.05) is 30.3 Å². The highest BCUT2D eigenvalue weighted by molar-refractivity contribution is 5.87. The minimum atomic E-state index is -0.395. The van der Waals surface area contributed by atoms with Crippen molar-refractivity contribution in [1.29, 1.82) is 0 Å². The van der Waals surface area contributed by atoms with Crippen LogP contribution in [0.1, 0.15) is 28.9 Å². The molecule has 0 radical (unpaired) electrons. The lowest BCUT2D eigenvalue weighted by molar-refractivity contribution is -0.152. The molecule has 2 aromatic rings. The number of hydrogen-bond donors (Lipinski definition) is 0. The van der Waals surface area contributed by atoms with Crippen molar-refractivity contribution in [2.75, 3.05) is 7.11 Å². The molecule has 1 heterocycles. The van der Waals surface area contributed by atoms with E-state index in [0.717, 1.165) is 6.42 Å². The Morgan fingerprint density at radius 2 is 2.00 bits per heavy atom. The number of rotatable bonds is 6. The zero-order chi connectivity index (χ0) is 16.9. The second kappa shape index (κ2) is 7.29. The van der Waals surface area contributed by atoms with Crippen molar-refractivity contribution in [3.63, 3.8) is 0 Å². The second-order valence-corrected chi connectivity index (χ2v) is 5.93. The third kappa shape index (κ3) is 3.64. The Morgan fingerprint density at radius 3 is 2.71 bits per heavy atom. The Balaban J connectivity index is 1.53. The predicted octanol–water partition coefficient (Wildman–Crippen LogP) is 2.23. The van der Waals surface area contributed by atoms with Gasteiger partial charge >= 0.3 is 11.9 Å². The second-order valence-electron chi connectivity index (χ2n) is 5.93. The summed E-state index contributed by atoms with van der Waals surface area (Å²) in [5.41, 5.74) is 1.64. The van der Waals surface area contributed by atoms with E-state index >= 15 is 0 Å². The number of ether oxygens (including phenoxy) is 2. The van der Waals surface area contributed by atoms with E-state index in [1.54, 1.807) is 10.9 Å². The molecular weight excluding hydrogens is 308 g/mol. The van der Waals surface area contributed by atoms with Crippen LogP contribution in [0.25, 0.3) is 0 Å². The van der Waals surface area contributed by atoms with Crippen molar-refractivity contribution >= 4 is 11.9 Å². The van der Waals surface area contributed by atoms with Crippen molar-refractivity contribution in [3.8, 4) is 0 Å². The molecule has 0 N–H and O–H groups in total. The zero-order valence-corrected chi connectivity index (χ0v) is 13.6. The van der Waals surface area contributed by atoms with Crippen molar-refractivity contribution in [2.45, 2.75) is 31.9 Å². The molecule has 0 bridgehead atoms. The van der Waals surface area contributed by atoms with Gasteiger partial charge in [0.15, 0.2) is 0 Å². The molecule has 1 fully saturated rings. The lowest BCUT2D eigenvalue weighted by atomic mass is 9.82. The van der Waals surface area contributed by atoms with Gasteiger partial charge in [-0.05, 0) is 24.8 Å². The highest BCUT2D eigenvalue weighted by atomic mass is 16.5. The maximum absolute atomic E-state index is 12.3. The van der Waals surface area contributed by atoms with E-state index in [1.165, 1.54) is 18.9 Å². The van der Waals surface area contributed by atoms with Gasteiger partial charge in [-0.2, -0.15) is 0 Å². The Morgan fingerprint density at radius 1 is 1.25 bits per heavy atom. The summed E-state index contributed by atoms with van der Waals surface area (Å²) >= 11 is 0. The van der Waals surface area contributed by atoms with Crippen LogP contribution in [0, 0.1) is 5.92 Å². The van der Waals surface area contributed by atoms with Crippen LogP contribution in [0.5, 0.6) is 0 Å². The fourth-order valence-electron chi connectivity index (χ4n) is 2.80. The summed E-state index contributed by atoms with van der Waals surface area (Å²) in [6.07, 6.45) is 4.79. The number of hydrogen-bond acceptors (Lipinski definition) is 5. The molecule has 0 atom stereocenters. The standard InChI is InChI=1S/C18H20N2O4/c1-23-17(21)14-9-15(10-14)24-18(22)16-11-19-12-20(16)8-7-13-5-3-2-4-6-13/h2-6,11-12,14-15H,7-10H2,1H3. The van der Waals surface area contributed by atoms with Crippen molar-refractivity contribution in [3.05, 3.63) is 54.1 Å². The molecule has 1 aromatic carbocycles. The average Bonchev–Trinajstić information content (AvgIpc) is 3.04. The van der Waals surface area contributed by atoms with E-state index < -0.39 is 5.97 Å². The fourth-order valence-corrected chi connectivity index (χ4v) is 2.80. The first-order valence-corrected chi connectivity index (χ1v) is 8.00. The van der Waals surface area contributed by atoms with Gasteiger partial charge in [-0.3, -0.25) is 4.79 Å². The van der Waals surface area contributed by atoms with Gasteiger partial charge in [-0.25, -0.2) is 9.78 Å². The highest BCUT2D eigenvalue weighted by Gasteiger charge is 2.38. The van der Waals surface area contributed by atoms with Crippen molar-refractivity contribution in [2.24, 2.45) is 5.92 Å². The van der Waals surface area contributed by atoms with E-state index in [0.29, 0.717) is 25.1 Å². The van der Waals surface area contributed by atoms with E-state index in [1.807, 2.05) is 18.2 Å². The average molecular weight is 328 g/mol. The lowest BCUT2D eigenvalue weighted by Gasteiger charge is -2.32. The normalized spacial score (nSPS) is 19.4. The maximum Gasteiger partial charge on any atom is 0.356 e. The minimum Gasteiger partial charge on any atom is -0.469 e. The Kier molecular flexibility index (Phi) is 4.93. The summed E-state index contributed by atoms with van der Waals surface area (Å²) < 4.78 is 11.9. The molecule has 0 saturated heterocycles. The van der Waals surface area contributed by atoms with E-state index in [-0.39, 0.29) is 18.0 Å². The van der Waals surface area contributed by atoms with Gasteiger partial charge in [0.05, 0.1) is 25.6 Å². The van der Waals surface area contributed by atoms with Gasteiger partial charge in [0.1, 0.15) is 11.8 Å². The molecule has 6 heteroatoms. The first-order valence-electron chi connectivity index (χ1n) is 8.00. The van der Waals surface area contributed by atoms with Gasteiger partial charge in [0, 0.05) is 6.54 Å². The Hall–Kier alpha value is -2.63. The molecule has 0 amide bonds. The zero-order valence-electron chi connectivity index (χ0n) is 13.6. The van der Waals surface area contributed by atoms with Crippen LogP contribution >= 0.6 is 0 Å². The fraction of sp³-hybridized carbons (Fsp3) is 0.389. The third-order valence-electron chi connectivity index (χ3n) is 4.31. The van der Waals surface area contributed by atoms with Crippen LogP contribution in [-0.2, 0) is 27.2 Å². The number of carbonyl (C=O) groups excluding carboxylic acids is 2. The number of methoxy groups -OCH3 is 1. The molecule has 1 aromatic heterocycles. The molecule has 1 aliphatic rings.